The van der Waals surface area contributed by atoms with Crippen molar-refractivity contribution in [3.8, 4) is 0 Å². The van der Waals surface area contributed by atoms with Crippen molar-refractivity contribution in [2.24, 2.45) is 7.05 Å². The fourth-order valence-electron chi connectivity index (χ4n) is 1.36. The van der Waals surface area contributed by atoms with Gasteiger partial charge in [0, 0.05) is 13.2 Å². The fraction of sp³-hybridized carbons (Fsp3) is 0.111. The second-order valence-electron chi connectivity index (χ2n) is 3.06. The van der Waals surface area contributed by atoms with Gasteiger partial charge >= 0.3 is 5.97 Å². The zero-order valence-corrected chi connectivity index (χ0v) is 7.84. The Labute approximate surface area is 83.8 Å². The quantitative estimate of drug-likeness (QED) is 0.709. The van der Waals surface area contributed by atoms with E-state index in [1.54, 1.807) is 0 Å². The van der Waals surface area contributed by atoms with Crippen LogP contribution in [0, 0.1) is 0 Å². The molecule has 2 aromatic rings. The lowest BCUT2D eigenvalue weighted by Crippen LogP contribution is -2.19. The van der Waals surface area contributed by atoms with Gasteiger partial charge in [0.1, 0.15) is 11.1 Å². The Morgan fingerprint density at radius 1 is 1.53 bits per heavy atom. The first kappa shape index (κ1) is 9.32. The summed E-state index contributed by atoms with van der Waals surface area (Å²) in [6, 6.07) is 1.46. The van der Waals surface area contributed by atoms with Gasteiger partial charge < -0.3 is 9.67 Å². The van der Waals surface area contributed by atoms with E-state index < -0.39 is 5.97 Å². The van der Waals surface area contributed by atoms with Crippen molar-refractivity contribution in [1.82, 2.24) is 14.8 Å². The number of rotatable bonds is 1. The van der Waals surface area contributed by atoms with E-state index in [9.17, 15) is 9.59 Å². The average molecular weight is 205 g/mol. The summed E-state index contributed by atoms with van der Waals surface area (Å²) in [5.74, 6) is -1.13. The van der Waals surface area contributed by atoms with Crippen molar-refractivity contribution in [3.05, 3.63) is 34.4 Å². The van der Waals surface area contributed by atoms with Crippen molar-refractivity contribution in [2.45, 2.75) is 0 Å². The van der Waals surface area contributed by atoms with Crippen LogP contribution in [0.15, 0.2) is 23.3 Å². The number of aromatic carboxylic acids is 1. The van der Waals surface area contributed by atoms with E-state index in [4.69, 9.17) is 5.11 Å². The van der Waals surface area contributed by atoms with E-state index in [0.29, 0.717) is 0 Å². The number of pyridine rings is 1. The topological polar surface area (TPSA) is 85.1 Å². The predicted molar refractivity (Wildman–Crippen MR) is 51.7 cm³/mol. The molecule has 0 saturated carbocycles. The minimum absolute atomic E-state index is 0.0276. The first-order chi connectivity index (χ1) is 7.11. The second-order valence-corrected chi connectivity index (χ2v) is 3.06. The second kappa shape index (κ2) is 3.16. The Balaban J connectivity index is 3.01. The average Bonchev–Trinajstić information content (AvgIpc) is 2.23. The molecule has 0 aromatic carbocycles. The molecule has 0 aliphatic carbocycles. The van der Waals surface area contributed by atoms with Crippen molar-refractivity contribution in [2.75, 3.05) is 0 Å². The Morgan fingerprint density at radius 2 is 2.27 bits per heavy atom. The van der Waals surface area contributed by atoms with Gasteiger partial charge in [-0.05, 0) is 6.07 Å². The highest BCUT2D eigenvalue weighted by molar-refractivity contribution is 6.00. The van der Waals surface area contributed by atoms with Gasteiger partial charge in [0.2, 0.25) is 0 Å². The summed E-state index contributed by atoms with van der Waals surface area (Å²) >= 11 is 0. The summed E-state index contributed by atoms with van der Waals surface area (Å²) < 4.78 is 1.22. The third-order valence-corrected chi connectivity index (χ3v) is 2.08. The first-order valence-corrected chi connectivity index (χ1v) is 4.15. The summed E-state index contributed by atoms with van der Waals surface area (Å²) in [7, 11) is 1.49. The molecule has 6 nitrogen and oxygen atoms in total. The zero-order chi connectivity index (χ0) is 11.0. The fourth-order valence-corrected chi connectivity index (χ4v) is 1.36. The highest BCUT2D eigenvalue weighted by atomic mass is 16.4. The molecule has 0 bridgehead atoms. The van der Waals surface area contributed by atoms with Crippen molar-refractivity contribution < 1.29 is 9.90 Å². The minimum atomic E-state index is -1.13. The van der Waals surface area contributed by atoms with Crippen molar-refractivity contribution in [3.63, 3.8) is 0 Å². The van der Waals surface area contributed by atoms with Gasteiger partial charge in [0.05, 0.1) is 11.6 Å². The number of hydrogen-bond donors (Lipinski definition) is 1. The molecule has 0 spiro atoms. The molecule has 0 fully saturated rings. The van der Waals surface area contributed by atoms with Gasteiger partial charge in [0.25, 0.3) is 5.56 Å². The van der Waals surface area contributed by atoms with Gasteiger partial charge in [-0.1, -0.05) is 0 Å². The van der Waals surface area contributed by atoms with E-state index in [-0.39, 0.29) is 22.0 Å². The maximum absolute atomic E-state index is 11.6. The summed E-state index contributed by atoms with van der Waals surface area (Å²) in [5, 5.41) is 16.4. The monoisotopic (exact) mass is 205 g/mol. The Kier molecular flexibility index (Phi) is 1.96. The van der Waals surface area contributed by atoms with Crippen LogP contribution >= 0.6 is 0 Å². The lowest BCUT2D eigenvalue weighted by molar-refractivity contribution is 0.0698. The molecule has 2 heterocycles. The maximum atomic E-state index is 11.6. The Morgan fingerprint density at radius 3 is 2.93 bits per heavy atom. The number of aromatic nitrogens is 3. The number of fused-ring (bicyclic) bond motifs is 1. The molecule has 6 heteroatoms. The largest absolute Gasteiger partial charge is 0.478 e. The molecule has 1 N–H and O–H groups in total. The summed E-state index contributed by atoms with van der Waals surface area (Å²) in [6.45, 7) is 0. The molecule has 0 amide bonds. The SMILES string of the molecule is Cn1cc(C(=O)O)c2nnccc2c1=O. The molecule has 0 unspecified atom stereocenters. The van der Waals surface area contributed by atoms with Crippen molar-refractivity contribution in [1.29, 1.82) is 0 Å². The van der Waals surface area contributed by atoms with Gasteiger partial charge in [-0.25, -0.2) is 4.79 Å². The molecule has 0 saturated heterocycles. The van der Waals surface area contributed by atoms with Crippen LogP contribution in [-0.4, -0.2) is 25.8 Å². The van der Waals surface area contributed by atoms with Gasteiger partial charge in [0.15, 0.2) is 0 Å². The molecule has 0 aliphatic rings. The van der Waals surface area contributed by atoms with Crippen LogP contribution in [-0.2, 0) is 7.05 Å². The molecule has 0 atom stereocenters. The van der Waals surface area contributed by atoms with Crippen LogP contribution in [0.4, 0.5) is 0 Å². The molecule has 0 aliphatic heterocycles. The number of hydrogen-bond acceptors (Lipinski definition) is 4. The molecular formula is C9H7N3O3. The molecule has 2 aromatic heterocycles. The summed E-state index contributed by atoms with van der Waals surface area (Å²) in [4.78, 5) is 22.5. The normalized spacial score (nSPS) is 10.5. The number of carbonyl (C=O) groups is 1. The lowest BCUT2D eigenvalue weighted by Gasteiger charge is -2.03. The standard InChI is InChI=1S/C9H7N3O3/c1-12-4-6(9(14)15)7-5(8(12)13)2-3-10-11-7/h2-4H,1H3,(H,14,15). The van der Waals surface area contributed by atoms with E-state index in [1.165, 1.54) is 30.1 Å². The lowest BCUT2D eigenvalue weighted by atomic mass is 10.2. The van der Waals surface area contributed by atoms with E-state index in [2.05, 4.69) is 10.2 Å². The van der Waals surface area contributed by atoms with Crippen LogP contribution < -0.4 is 5.56 Å². The van der Waals surface area contributed by atoms with E-state index >= 15 is 0 Å². The van der Waals surface area contributed by atoms with Crippen LogP contribution in [0.1, 0.15) is 10.4 Å². The van der Waals surface area contributed by atoms with Crippen LogP contribution in [0.5, 0.6) is 0 Å². The first-order valence-electron chi connectivity index (χ1n) is 4.15. The third-order valence-electron chi connectivity index (χ3n) is 2.08. The number of nitrogens with zero attached hydrogens (tertiary/aromatic N) is 3. The smallest absolute Gasteiger partial charge is 0.339 e. The third kappa shape index (κ3) is 1.35. The van der Waals surface area contributed by atoms with Crippen LogP contribution in [0.3, 0.4) is 0 Å². The van der Waals surface area contributed by atoms with Gasteiger partial charge in [-0.3, -0.25) is 4.79 Å². The summed E-state index contributed by atoms with van der Waals surface area (Å²) in [5.41, 5.74) is -0.196. The molecule has 15 heavy (non-hydrogen) atoms. The van der Waals surface area contributed by atoms with Crippen LogP contribution in [0.2, 0.25) is 0 Å². The van der Waals surface area contributed by atoms with E-state index in [0.717, 1.165) is 0 Å². The molecule has 0 radical (unpaired) electrons. The number of carboxylic acids is 1. The number of carboxylic acid groups (broad SMARTS) is 1. The molecule has 2 rings (SSSR count). The van der Waals surface area contributed by atoms with Gasteiger partial charge in [-0.2, -0.15) is 5.10 Å². The maximum Gasteiger partial charge on any atom is 0.339 e. The Hall–Kier alpha value is -2.24. The Bertz CT molecular complexity index is 603. The van der Waals surface area contributed by atoms with Crippen LogP contribution in [0.25, 0.3) is 10.9 Å². The van der Waals surface area contributed by atoms with Crippen molar-refractivity contribution >= 4 is 16.9 Å². The summed E-state index contributed by atoms with van der Waals surface area (Å²) in [6.07, 6.45) is 2.59. The highest BCUT2D eigenvalue weighted by Gasteiger charge is 2.13. The zero-order valence-electron chi connectivity index (χ0n) is 7.84. The highest BCUT2D eigenvalue weighted by Crippen LogP contribution is 2.10. The number of aryl methyl sites for hydroxylation is 1. The predicted octanol–water partition coefficient (Wildman–Crippen LogP) is 0.0267. The molecule has 76 valence electrons. The minimum Gasteiger partial charge on any atom is -0.478 e. The van der Waals surface area contributed by atoms with E-state index in [1.807, 2.05) is 0 Å². The van der Waals surface area contributed by atoms with Gasteiger partial charge in [-0.15, -0.1) is 5.10 Å². The molecular weight excluding hydrogens is 198 g/mol.